The van der Waals surface area contributed by atoms with Gasteiger partial charge in [0.2, 0.25) is 17.2 Å². The second-order valence-electron chi connectivity index (χ2n) is 6.71. The SMILES string of the molecule is CNc1nc(N2CCC(CCNS(=O)O)CC2)c2cc(OC)c(OC)cc2n1. The Hall–Kier alpha value is -2.17. The Labute approximate surface area is 167 Å². The molecular formula is C18H27N5O4S. The average molecular weight is 410 g/mol. The molecule has 1 saturated heterocycles. The predicted octanol–water partition coefficient (Wildman–Crippen LogP) is 2.02. The molecule has 1 aliphatic heterocycles. The van der Waals surface area contributed by atoms with Gasteiger partial charge in [-0.05, 0) is 31.2 Å². The van der Waals surface area contributed by atoms with Crippen LogP contribution in [-0.2, 0) is 11.3 Å². The molecule has 0 saturated carbocycles. The third-order valence-electron chi connectivity index (χ3n) is 5.10. The Morgan fingerprint density at radius 2 is 1.89 bits per heavy atom. The van der Waals surface area contributed by atoms with Gasteiger partial charge in [-0.3, -0.25) is 4.55 Å². The van der Waals surface area contributed by atoms with E-state index in [0.717, 1.165) is 49.1 Å². The van der Waals surface area contributed by atoms with Crippen LogP contribution in [0.25, 0.3) is 10.9 Å². The minimum Gasteiger partial charge on any atom is -0.493 e. The number of ether oxygens (including phenoxy) is 2. The second kappa shape index (κ2) is 9.35. The van der Waals surface area contributed by atoms with E-state index in [1.807, 2.05) is 12.1 Å². The van der Waals surface area contributed by atoms with Gasteiger partial charge in [-0.1, -0.05) is 0 Å². The van der Waals surface area contributed by atoms with Crippen LogP contribution in [0.15, 0.2) is 12.1 Å². The summed E-state index contributed by atoms with van der Waals surface area (Å²) in [5.41, 5.74) is 0.795. The van der Waals surface area contributed by atoms with Crippen LogP contribution in [0, 0.1) is 5.92 Å². The highest BCUT2D eigenvalue weighted by Gasteiger charge is 2.23. The summed E-state index contributed by atoms with van der Waals surface area (Å²) < 4.78 is 33.0. The molecule has 0 radical (unpaired) electrons. The lowest BCUT2D eigenvalue weighted by atomic mass is 9.93. The van der Waals surface area contributed by atoms with Crippen LogP contribution in [0.3, 0.4) is 0 Å². The van der Waals surface area contributed by atoms with Crippen molar-refractivity contribution in [2.45, 2.75) is 19.3 Å². The van der Waals surface area contributed by atoms with Crippen molar-refractivity contribution < 1.29 is 18.2 Å². The van der Waals surface area contributed by atoms with E-state index in [9.17, 15) is 4.21 Å². The first-order valence-corrected chi connectivity index (χ1v) is 10.4. The van der Waals surface area contributed by atoms with E-state index in [0.29, 0.717) is 29.9 Å². The first-order chi connectivity index (χ1) is 13.5. The molecule has 1 aliphatic rings. The molecule has 2 heterocycles. The number of fused-ring (bicyclic) bond motifs is 1. The molecule has 1 atom stereocenters. The first-order valence-electron chi connectivity index (χ1n) is 9.26. The van der Waals surface area contributed by atoms with Gasteiger partial charge in [-0.15, -0.1) is 0 Å². The molecule has 0 amide bonds. The predicted molar refractivity (Wildman–Crippen MR) is 111 cm³/mol. The molecular weight excluding hydrogens is 382 g/mol. The Kier molecular flexibility index (Phi) is 6.87. The number of anilines is 2. The molecule has 2 aromatic rings. The van der Waals surface area contributed by atoms with Crippen molar-refractivity contribution in [2.24, 2.45) is 5.92 Å². The van der Waals surface area contributed by atoms with Gasteiger partial charge in [0.25, 0.3) is 0 Å². The number of piperidine rings is 1. The number of benzene rings is 1. The van der Waals surface area contributed by atoms with E-state index < -0.39 is 11.3 Å². The number of nitrogens with zero attached hydrogens (tertiary/aromatic N) is 3. The molecule has 0 aliphatic carbocycles. The van der Waals surface area contributed by atoms with E-state index in [1.54, 1.807) is 21.3 Å². The Balaban J connectivity index is 1.83. The van der Waals surface area contributed by atoms with Crippen LogP contribution in [-0.4, -0.2) is 59.6 Å². The quantitative estimate of drug-likeness (QED) is 0.568. The number of aromatic nitrogens is 2. The summed E-state index contributed by atoms with van der Waals surface area (Å²) in [6.07, 6.45) is 2.90. The molecule has 3 rings (SSSR count). The Morgan fingerprint density at radius 1 is 1.21 bits per heavy atom. The third-order valence-corrected chi connectivity index (χ3v) is 5.55. The lowest BCUT2D eigenvalue weighted by Crippen LogP contribution is -2.35. The van der Waals surface area contributed by atoms with E-state index in [2.05, 4.69) is 19.9 Å². The third kappa shape index (κ3) is 4.62. The van der Waals surface area contributed by atoms with Crippen molar-refractivity contribution >= 4 is 33.9 Å². The molecule has 1 fully saturated rings. The number of rotatable bonds is 8. The van der Waals surface area contributed by atoms with Gasteiger partial charge in [-0.2, -0.15) is 4.98 Å². The van der Waals surface area contributed by atoms with E-state index in [4.69, 9.17) is 19.0 Å². The van der Waals surface area contributed by atoms with Crippen molar-refractivity contribution in [3.63, 3.8) is 0 Å². The maximum Gasteiger partial charge on any atom is 0.231 e. The van der Waals surface area contributed by atoms with E-state index >= 15 is 0 Å². The minimum absolute atomic E-state index is 0.527. The highest BCUT2D eigenvalue weighted by molar-refractivity contribution is 7.77. The second-order valence-corrected chi connectivity index (χ2v) is 7.49. The Morgan fingerprint density at radius 3 is 2.50 bits per heavy atom. The zero-order valence-electron chi connectivity index (χ0n) is 16.4. The summed E-state index contributed by atoms with van der Waals surface area (Å²) in [7, 11) is 5.03. The largest absolute Gasteiger partial charge is 0.493 e. The van der Waals surface area contributed by atoms with Gasteiger partial charge in [0.05, 0.1) is 19.7 Å². The number of hydrogen-bond donors (Lipinski definition) is 3. The van der Waals surface area contributed by atoms with Crippen molar-refractivity contribution in [2.75, 3.05) is 51.1 Å². The molecule has 0 bridgehead atoms. The summed E-state index contributed by atoms with van der Waals surface area (Å²) in [5, 5.41) is 3.95. The summed E-state index contributed by atoms with van der Waals surface area (Å²) in [5.74, 6) is 3.25. The van der Waals surface area contributed by atoms with Crippen LogP contribution in [0.5, 0.6) is 11.5 Å². The van der Waals surface area contributed by atoms with Gasteiger partial charge in [-0.25, -0.2) is 13.9 Å². The molecule has 10 heteroatoms. The monoisotopic (exact) mass is 409 g/mol. The maximum absolute atomic E-state index is 10.7. The van der Waals surface area contributed by atoms with Crippen LogP contribution in [0.4, 0.5) is 11.8 Å². The summed E-state index contributed by atoms with van der Waals surface area (Å²) >= 11 is -1.94. The summed E-state index contributed by atoms with van der Waals surface area (Å²) in [6, 6.07) is 3.79. The molecule has 9 nitrogen and oxygen atoms in total. The zero-order chi connectivity index (χ0) is 20.1. The lowest BCUT2D eigenvalue weighted by molar-refractivity contribution is 0.355. The van der Waals surface area contributed by atoms with Gasteiger partial charge in [0, 0.05) is 38.1 Å². The fourth-order valence-corrected chi connectivity index (χ4v) is 3.87. The smallest absolute Gasteiger partial charge is 0.231 e. The van der Waals surface area contributed by atoms with Crippen LogP contribution in [0.1, 0.15) is 19.3 Å². The number of hydrogen-bond acceptors (Lipinski definition) is 7. The van der Waals surface area contributed by atoms with Crippen molar-refractivity contribution in [1.82, 2.24) is 14.7 Å². The normalized spacial score (nSPS) is 16.2. The van der Waals surface area contributed by atoms with Gasteiger partial charge in [0.1, 0.15) is 5.82 Å². The van der Waals surface area contributed by atoms with Crippen LogP contribution in [0.2, 0.25) is 0 Å². The topological polar surface area (TPSA) is 109 Å². The van der Waals surface area contributed by atoms with E-state index in [1.165, 1.54) is 0 Å². The Bertz CT molecular complexity index is 842. The highest BCUT2D eigenvalue weighted by Crippen LogP contribution is 2.37. The molecule has 0 spiro atoms. The molecule has 1 aromatic heterocycles. The molecule has 3 N–H and O–H groups in total. The summed E-state index contributed by atoms with van der Waals surface area (Å²) in [4.78, 5) is 11.5. The fraction of sp³-hybridized carbons (Fsp3) is 0.556. The zero-order valence-corrected chi connectivity index (χ0v) is 17.2. The van der Waals surface area contributed by atoms with Gasteiger partial charge >= 0.3 is 0 Å². The van der Waals surface area contributed by atoms with Crippen molar-refractivity contribution in [3.05, 3.63) is 12.1 Å². The summed E-state index contributed by atoms with van der Waals surface area (Å²) in [6.45, 7) is 2.29. The lowest BCUT2D eigenvalue weighted by Gasteiger charge is -2.33. The highest BCUT2D eigenvalue weighted by atomic mass is 32.2. The fourth-order valence-electron chi connectivity index (χ4n) is 3.58. The average Bonchev–Trinajstić information content (AvgIpc) is 2.72. The molecule has 154 valence electrons. The first kappa shape index (κ1) is 20.6. The van der Waals surface area contributed by atoms with Crippen molar-refractivity contribution in [3.8, 4) is 11.5 Å². The molecule has 1 aromatic carbocycles. The van der Waals surface area contributed by atoms with Crippen LogP contribution >= 0.6 is 0 Å². The standard InChI is InChI=1S/C18H27N5O4S/c1-19-18-21-14-11-16(27-3)15(26-2)10-13(14)17(22-18)23-8-5-12(6-9-23)4-7-20-28(24)25/h10-12,20H,4-9H2,1-3H3,(H,24,25)(H,19,21,22). The maximum atomic E-state index is 10.7. The van der Waals surface area contributed by atoms with Crippen molar-refractivity contribution in [1.29, 1.82) is 0 Å². The van der Waals surface area contributed by atoms with Gasteiger partial charge < -0.3 is 19.7 Å². The number of methoxy groups -OCH3 is 2. The van der Waals surface area contributed by atoms with E-state index in [-0.39, 0.29) is 0 Å². The van der Waals surface area contributed by atoms with Crippen LogP contribution < -0.4 is 24.4 Å². The number of nitrogens with one attached hydrogen (secondary N) is 2. The van der Waals surface area contributed by atoms with Gasteiger partial charge in [0.15, 0.2) is 11.5 Å². The molecule has 1 unspecified atom stereocenters. The minimum atomic E-state index is -1.94. The molecule has 28 heavy (non-hydrogen) atoms.